The quantitative estimate of drug-likeness (QED) is 0.151. The van der Waals surface area contributed by atoms with E-state index in [1.807, 2.05) is 0 Å². The summed E-state index contributed by atoms with van der Waals surface area (Å²) in [5.41, 5.74) is -1.13. The Kier molecular flexibility index (Phi) is 8.07. The summed E-state index contributed by atoms with van der Waals surface area (Å²) in [6.07, 6.45) is -3.29. The first-order valence-electron chi connectivity index (χ1n) is 10.4. The molecule has 14 heteroatoms. The summed E-state index contributed by atoms with van der Waals surface area (Å²) >= 11 is 16.3. The van der Waals surface area contributed by atoms with Crippen LogP contribution in [0.2, 0.25) is 10.0 Å². The highest BCUT2D eigenvalue weighted by molar-refractivity contribution is 9.10. The van der Waals surface area contributed by atoms with Gasteiger partial charge in [-0.25, -0.2) is 0 Å². The third-order valence-corrected chi connectivity index (χ3v) is 7.44. The van der Waals surface area contributed by atoms with Crippen LogP contribution in [-0.2, 0) is 17.5 Å². The van der Waals surface area contributed by atoms with Crippen LogP contribution in [0.5, 0.6) is 11.5 Å². The Morgan fingerprint density at radius 3 is 2.32 bits per heavy atom. The van der Waals surface area contributed by atoms with Crippen LogP contribution in [0.4, 0.5) is 23.7 Å². The molecule has 0 aliphatic carbocycles. The number of hydrogen-bond donors (Lipinski definition) is 0. The number of alkyl halides is 3. The first-order chi connectivity index (χ1) is 17.8. The van der Waals surface area contributed by atoms with Gasteiger partial charge in [0, 0.05) is 21.7 Å². The lowest BCUT2D eigenvalue weighted by atomic mass is 10.1. The SMILES string of the molecule is O=C1SC(=Cc2ccc(Oc3ccc(C(F)(F)F)cc3[N+](=O)[O-])c(Br)c2)C(=O)N1Cc1c(Cl)cccc1Cl. The molecule has 1 aliphatic rings. The van der Waals surface area contributed by atoms with Gasteiger partial charge >= 0.3 is 11.9 Å². The van der Waals surface area contributed by atoms with E-state index >= 15 is 0 Å². The third kappa shape index (κ3) is 5.98. The van der Waals surface area contributed by atoms with Crippen molar-refractivity contribution in [2.45, 2.75) is 12.7 Å². The van der Waals surface area contributed by atoms with Gasteiger partial charge in [0.05, 0.1) is 26.4 Å². The summed E-state index contributed by atoms with van der Waals surface area (Å²) in [6.45, 7) is -0.108. The number of carbonyl (C=O) groups is 2. The molecule has 3 aromatic rings. The van der Waals surface area contributed by atoms with Crippen molar-refractivity contribution in [2.24, 2.45) is 0 Å². The van der Waals surface area contributed by atoms with Gasteiger partial charge in [0.25, 0.3) is 11.1 Å². The Morgan fingerprint density at radius 1 is 1.05 bits per heavy atom. The van der Waals surface area contributed by atoms with E-state index in [1.165, 1.54) is 24.3 Å². The van der Waals surface area contributed by atoms with Crippen LogP contribution in [0.15, 0.2) is 64.0 Å². The maximum Gasteiger partial charge on any atom is 0.416 e. The number of benzene rings is 3. The van der Waals surface area contributed by atoms with E-state index in [2.05, 4.69) is 15.9 Å². The van der Waals surface area contributed by atoms with Gasteiger partial charge in [-0.1, -0.05) is 35.3 Å². The molecule has 1 heterocycles. The summed E-state index contributed by atoms with van der Waals surface area (Å²) in [4.78, 5) is 36.9. The summed E-state index contributed by atoms with van der Waals surface area (Å²) < 4.78 is 44.6. The number of hydrogen-bond acceptors (Lipinski definition) is 6. The van der Waals surface area contributed by atoms with E-state index in [1.54, 1.807) is 18.2 Å². The lowest BCUT2D eigenvalue weighted by Crippen LogP contribution is -2.27. The molecule has 0 N–H and O–H groups in total. The molecule has 2 amide bonds. The molecule has 0 spiro atoms. The van der Waals surface area contributed by atoms with Gasteiger partial charge in [-0.3, -0.25) is 24.6 Å². The molecule has 0 unspecified atom stereocenters. The minimum absolute atomic E-state index is 0.0754. The monoisotopic (exact) mass is 646 g/mol. The number of rotatable bonds is 6. The average Bonchev–Trinajstić information content (AvgIpc) is 3.09. The van der Waals surface area contributed by atoms with Crippen LogP contribution in [0.25, 0.3) is 6.08 Å². The number of nitrogens with zero attached hydrogens (tertiary/aromatic N) is 2. The van der Waals surface area contributed by atoms with E-state index in [4.69, 9.17) is 27.9 Å². The van der Waals surface area contributed by atoms with Gasteiger partial charge in [0.1, 0.15) is 5.75 Å². The fraction of sp³-hybridized carbons (Fsp3) is 0.0833. The van der Waals surface area contributed by atoms with Gasteiger partial charge in [-0.15, -0.1) is 0 Å². The number of amides is 2. The number of imide groups is 1. The number of thioether (sulfide) groups is 1. The van der Waals surface area contributed by atoms with Gasteiger partial charge in [0.2, 0.25) is 5.75 Å². The van der Waals surface area contributed by atoms with Crippen molar-refractivity contribution in [2.75, 3.05) is 0 Å². The van der Waals surface area contributed by atoms with E-state index < -0.39 is 39.2 Å². The molecule has 7 nitrogen and oxygen atoms in total. The van der Waals surface area contributed by atoms with Crippen molar-refractivity contribution in [3.63, 3.8) is 0 Å². The fourth-order valence-electron chi connectivity index (χ4n) is 3.36. The van der Waals surface area contributed by atoms with Crippen LogP contribution in [0.1, 0.15) is 16.7 Å². The summed E-state index contributed by atoms with van der Waals surface area (Å²) in [5.74, 6) is -0.866. The van der Waals surface area contributed by atoms with Gasteiger partial charge in [-0.2, -0.15) is 13.2 Å². The zero-order valence-electron chi connectivity index (χ0n) is 18.6. The molecule has 0 bridgehead atoms. The third-order valence-electron chi connectivity index (χ3n) is 5.21. The minimum atomic E-state index is -4.76. The zero-order chi connectivity index (χ0) is 27.8. The van der Waals surface area contributed by atoms with Gasteiger partial charge in [0.15, 0.2) is 0 Å². The number of halogens is 6. The highest BCUT2D eigenvalue weighted by Crippen LogP contribution is 2.40. The molecule has 1 aliphatic heterocycles. The molecule has 0 aromatic heterocycles. The first-order valence-corrected chi connectivity index (χ1v) is 12.7. The molecule has 196 valence electrons. The fourth-order valence-corrected chi connectivity index (χ4v) is 5.19. The molecule has 1 fully saturated rings. The minimum Gasteiger partial charge on any atom is -0.449 e. The molecule has 0 atom stereocenters. The Morgan fingerprint density at radius 2 is 1.71 bits per heavy atom. The largest absolute Gasteiger partial charge is 0.449 e. The van der Waals surface area contributed by atoms with Crippen molar-refractivity contribution in [3.05, 3.63) is 101 Å². The van der Waals surface area contributed by atoms with Crippen molar-refractivity contribution < 1.29 is 32.4 Å². The van der Waals surface area contributed by atoms with Crippen LogP contribution in [0.3, 0.4) is 0 Å². The summed E-state index contributed by atoms with van der Waals surface area (Å²) in [7, 11) is 0. The van der Waals surface area contributed by atoms with E-state index in [0.717, 1.165) is 22.7 Å². The molecule has 4 rings (SSSR count). The molecule has 1 saturated heterocycles. The molecule has 0 radical (unpaired) electrons. The van der Waals surface area contributed by atoms with E-state index in [-0.39, 0.29) is 17.2 Å². The predicted octanol–water partition coefficient (Wildman–Crippen LogP) is 8.71. The van der Waals surface area contributed by atoms with Crippen LogP contribution >= 0.6 is 50.9 Å². The second-order valence-electron chi connectivity index (χ2n) is 7.70. The summed E-state index contributed by atoms with van der Waals surface area (Å²) in [5, 5.41) is 11.4. The summed E-state index contributed by atoms with van der Waals surface area (Å²) in [6, 6.07) is 11.2. The van der Waals surface area contributed by atoms with Crippen LogP contribution < -0.4 is 4.74 Å². The predicted molar refractivity (Wildman–Crippen MR) is 140 cm³/mol. The van der Waals surface area contributed by atoms with Gasteiger partial charge in [-0.05, 0) is 75.7 Å². The lowest BCUT2D eigenvalue weighted by molar-refractivity contribution is -0.385. The molecule has 38 heavy (non-hydrogen) atoms. The van der Waals surface area contributed by atoms with Crippen molar-refractivity contribution in [1.82, 2.24) is 4.90 Å². The molecular formula is C24H12BrCl2F3N2O5S. The second kappa shape index (κ2) is 11.0. The number of nitro groups is 1. The van der Waals surface area contributed by atoms with E-state index in [9.17, 15) is 32.9 Å². The highest BCUT2D eigenvalue weighted by atomic mass is 79.9. The Balaban J connectivity index is 1.55. The maximum atomic E-state index is 12.9. The van der Waals surface area contributed by atoms with Crippen LogP contribution in [-0.4, -0.2) is 21.0 Å². The van der Waals surface area contributed by atoms with Gasteiger partial charge < -0.3 is 4.74 Å². The van der Waals surface area contributed by atoms with Crippen LogP contribution in [0, 0.1) is 10.1 Å². The van der Waals surface area contributed by atoms with Crippen molar-refractivity contribution in [1.29, 1.82) is 0 Å². The second-order valence-corrected chi connectivity index (χ2v) is 10.4. The lowest BCUT2D eigenvalue weighted by Gasteiger charge is -2.14. The zero-order valence-corrected chi connectivity index (χ0v) is 22.5. The highest BCUT2D eigenvalue weighted by Gasteiger charge is 2.36. The smallest absolute Gasteiger partial charge is 0.416 e. The van der Waals surface area contributed by atoms with E-state index in [0.29, 0.717) is 37.8 Å². The maximum absolute atomic E-state index is 12.9. The average molecular weight is 648 g/mol. The molecule has 3 aromatic carbocycles. The van der Waals surface area contributed by atoms with Crippen molar-refractivity contribution >= 4 is 73.8 Å². The first kappa shape index (κ1) is 28.0. The standard InChI is InChI=1S/C24H12BrCl2F3N2O5S/c25-15-8-12(4-6-19(15)37-20-7-5-13(24(28,29)30)10-18(20)32(35)36)9-21-22(33)31(23(34)38-21)11-14-16(26)2-1-3-17(14)27/h1-10H,11H2. The Bertz CT molecular complexity index is 1500. The number of nitro benzene ring substituents is 1. The topological polar surface area (TPSA) is 89.7 Å². The molecular weight excluding hydrogens is 636 g/mol. The Labute approximate surface area is 235 Å². The normalized spacial score (nSPS) is 14.9. The number of carbonyl (C=O) groups excluding carboxylic acids is 2. The Hall–Kier alpha value is -3.06. The number of ether oxygens (including phenoxy) is 1. The molecule has 0 saturated carbocycles. The van der Waals surface area contributed by atoms with Crippen molar-refractivity contribution in [3.8, 4) is 11.5 Å².